The minimum atomic E-state index is -0.980. The smallest absolute Gasteiger partial charge is 0.311 e. The van der Waals surface area contributed by atoms with Gasteiger partial charge >= 0.3 is 5.97 Å². The minimum Gasteiger partial charge on any atom is -0.477 e. The van der Waals surface area contributed by atoms with Crippen LogP contribution in [0.1, 0.15) is 63.5 Å². The molecule has 6 nitrogen and oxygen atoms in total. The number of hydrogen-bond donors (Lipinski definition) is 1. The van der Waals surface area contributed by atoms with Crippen LogP contribution in [0.3, 0.4) is 0 Å². The topological polar surface area (TPSA) is 72.8 Å². The summed E-state index contributed by atoms with van der Waals surface area (Å²) in [6.07, 6.45) is 4.56. The lowest BCUT2D eigenvalue weighted by Crippen LogP contribution is -2.80. The number of nitrogens with zero attached hydrogens (tertiary/aromatic N) is 1. The third-order valence-electron chi connectivity index (χ3n) is 9.06. The van der Waals surface area contributed by atoms with Crippen molar-refractivity contribution in [1.82, 2.24) is 0 Å². The zero-order valence-electron chi connectivity index (χ0n) is 19.4. The Bertz CT molecular complexity index is 1020. The number of carbonyl (C=O) groups excluding carboxylic acids is 2. The van der Waals surface area contributed by atoms with Gasteiger partial charge in [-0.05, 0) is 36.8 Å². The van der Waals surface area contributed by atoms with Crippen LogP contribution in [0.2, 0.25) is 0 Å². The predicted octanol–water partition coefficient (Wildman–Crippen LogP) is 2.92. The number of rotatable bonds is 5. The van der Waals surface area contributed by atoms with Crippen molar-refractivity contribution >= 4 is 11.8 Å². The largest absolute Gasteiger partial charge is 0.477 e. The van der Waals surface area contributed by atoms with E-state index in [0.717, 1.165) is 47.5 Å². The summed E-state index contributed by atoms with van der Waals surface area (Å²) in [5, 5.41) is 12.4. The number of hydrogen-bond acceptors (Lipinski definition) is 5. The van der Waals surface area contributed by atoms with Gasteiger partial charge in [0.2, 0.25) is 0 Å². The van der Waals surface area contributed by atoms with Gasteiger partial charge in [-0.15, -0.1) is 0 Å². The fraction of sp³-hybridized carbons (Fsp3) is 0.692. The van der Waals surface area contributed by atoms with E-state index in [1.165, 1.54) is 12.8 Å². The maximum Gasteiger partial charge on any atom is 0.311 e. The number of quaternary nitrogens is 1. The fourth-order valence-electron chi connectivity index (χ4n) is 7.51. The molecule has 0 radical (unpaired) electrons. The maximum absolute atomic E-state index is 13.1. The number of carbonyl (C=O) groups is 2. The van der Waals surface area contributed by atoms with Crippen LogP contribution in [0.5, 0.6) is 11.5 Å². The van der Waals surface area contributed by atoms with Crippen LogP contribution in [-0.4, -0.2) is 59.2 Å². The quantitative estimate of drug-likeness (QED) is 0.433. The highest BCUT2D eigenvalue weighted by molar-refractivity contribution is 5.90. The molecule has 1 saturated heterocycles. The van der Waals surface area contributed by atoms with Crippen LogP contribution < -0.4 is 9.47 Å². The Morgan fingerprint density at radius 3 is 2.81 bits per heavy atom. The van der Waals surface area contributed by atoms with E-state index in [1.54, 1.807) is 0 Å². The molecule has 0 amide bonds. The molecule has 2 aliphatic heterocycles. The van der Waals surface area contributed by atoms with Gasteiger partial charge in [0.1, 0.15) is 11.6 Å². The molecule has 6 heteroatoms. The van der Waals surface area contributed by atoms with Gasteiger partial charge in [-0.25, -0.2) is 0 Å². The molecule has 1 aromatic carbocycles. The molecule has 1 aromatic rings. The van der Waals surface area contributed by atoms with Crippen molar-refractivity contribution in [3.8, 4) is 11.5 Å². The standard InChI is InChI=1S/C26H34NO5/c1-15(2)12-21(29)31-19-7-6-17-13-20-26(30)9-8-18(28)24-25(26,22(17)23(19)32-24)10-11-27(20,3)14-16-4-5-16/h6-7,15-16,20,24,30H,4-5,8-14H2,1-3H3/q+1/t20?,24?,25?,26-,27?/m1/s1. The first-order valence-electron chi connectivity index (χ1n) is 12.3. The van der Waals surface area contributed by atoms with Crippen LogP contribution in [-0.2, 0) is 21.4 Å². The summed E-state index contributed by atoms with van der Waals surface area (Å²) >= 11 is 0. The van der Waals surface area contributed by atoms with Gasteiger partial charge in [-0.2, -0.15) is 0 Å². The molecule has 1 spiro atoms. The van der Waals surface area contributed by atoms with Crippen LogP contribution >= 0.6 is 0 Å². The van der Waals surface area contributed by atoms with Gasteiger partial charge in [0, 0.05) is 37.2 Å². The summed E-state index contributed by atoms with van der Waals surface area (Å²) in [7, 11) is 2.31. The molecule has 1 N–H and O–H groups in total. The molecular formula is C26H34NO5+. The summed E-state index contributed by atoms with van der Waals surface area (Å²) in [5.41, 5.74) is 0.390. The lowest BCUT2D eigenvalue weighted by atomic mass is 9.48. The molecule has 2 bridgehead atoms. The monoisotopic (exact) mass is 440 g/mol. The van der Waals surface area contributed by atoms with E-state index in [9.17, 15) is 14.7 Å². The number of esters is 1. The van der Waals surface area contributed by atoms with E-state index < -0.39 is 17.1 Å². The highest BCUT2D eigenvalue weighted by Gasteiger charge is 2.76. The number of ether oxygens (including phenoxy) is 2. The van der Waals surface area contributed by atoms with Crippen molar-refractivity contribution in [2.45, 2.75) is 82.0 Å². The normalized spacial score (nSPS) is 39.0. The summed E-state index contributed by atoms with van der Waals surface area (Å²) in [5.74, 6) is 1.65. The van der Waals surface area contributed by atoms with E-state index in [1.807, 2.05) is 26.0 Å². The van der Waals surface area contributed by atoms with Crippen molar-refractivity contribution in [2.24, 2.45) is 11.8 Å². The number of piperidine rings is 1. The minimum absolute atomic E-state index is 0.0591. The average Bonchev–Trinajstić information content (AvgIpc) is 3.44. The highest BCUT2D eigenvalue weighted by atomic mass is 16.6. The third kappa shape index (κ3) is 2.59. The Kier molecular flexibility index (Phi) is 4.24. The SMILES string of the molecule is CC(C)CC(=O)Oc1ccc2c3c1OC1C(=O)CC[C@@]4(O)C(C2)[N+](C)(CC2CC2)CCC314. The van der Waals surface area contributed by atoms with E-state index in [4.69, 9.17) is 9.47 Å². The lowest BCUT2D eigenvalue weighted by Gasteiger charge is -2.64. The zero-order valence-corrected chi connectivity index (χ0v) is 19.4. The molecule has 5 aliphatic rings. The van der Waals surface area contributed by atoms with Gasteiger partial charge in [-0.3, -0.25) is 9.59 Å². The van der Waals surface area contributed by atoms with Crippen LogP contribution in [0.15, 0.2) is 12.1 Å². The van der Waals surface area contributed by atoms with Crippen LogP contribution in [0.4, 0.5) is 0 Å². The Morgan fingerprint density at radius 2 is 2.09 bits per heavy atom. The first-order valence-corrected chi connectivity index (χ1v) is 12.3. The maximum atomic E-state index is 13.1. The number of benzene rings is 1. The molecule has 5 atom stereocenters. The van der Waals surface area contributed by atoms with Crippen LogP contribution in [0, 0.1) is 11.8 Å². The third-order valence-corrected chi connectivity index (χ3v) is 9.06. The second kappa shape index (κ2) is 6.57. The molecule has 0 aromatic heterocycles. The second-order valence-corrected chi connectivity index (χ2v) is 11.7. The Labute approximate surface area is 189 Å². The van der Waals surface area contributed by atoms with Crippen molar-refractivity contribution in [3.63, 3.8) is 0 Å². The van der Waals surface area contributed by atoms with E-state index >= 15 is 0 Å². The first-order chi connectivity index (χ1) is 15.2. The molecular weight excluding hydrogens is 406 g/mol. The van der Waals surface area contributed by atoms with Gasteiger partial charge in [0.15, 0.2) is 23.4 Å². The van der Waals surface area contributed by atoms with Gasteiger partial charge < -0.3 is 19.1 Å². The van der Waals surface area contributed by atoms with Crippen molar-refractivity contribution in [3.05, 3.63) is 23.3 Å². The highest BCUT2D eigenvalue weighted by Crippen LogP contribution is 2.66. The number of Topliss-reactive ketones (excluding diaryl/α,β-unsaturated/α-hetero) is 1. The van der Waals surface area contributed by atoms with Crippen molar-refractivity contribution < 1.29 is 28.7 Å². The molecule has 3 aliphatic carbocycles. The predicted molar refractivity (Wildman–Crippen MR) is 118 cm³/mol. The number of ketones is 1. The Balaban J connectivity index is 1.48. The first kappa shape index (κ1) is 20.7. The lowest BCUT2D eigenvalue weighted by molar-refractivity contribution is -0.950. The summed E-state index contributed by atoms with van der Waals surface area (Å²) in [6.45, 7) is 6.01. The fourth-order valence-corrected chi connectivity index (χ4v) is 7.51. The van der Waals surface area contributed by atoms with E-state index in [0.29, 0.717) is 30.8 Å². The Hall–Kier alpha value is -1.92. The van der Waals surface area contributed by atoms with Gasteiger partial charge in [-0.1, -0.05) is 19.9 Å². The number of likely N-dealkylation sites (tertiary alicyclic amines) is 1. The van der Waals surface area contributed by atoms with E-state index in [-0.39, 0.29) is 23.7 Å². The van der Waals surface area contributed by atoms with Gasteiger partial charge in [0.25, 0.3) is 0 Å². The molecule has 172 valence electrons. The number of aliphatic hydroxyl groups is 1. The van der Waals surface area contributed by atoms with Crippen LogP contribution in [0.25, 0.3) is 0 Å². The summed E-state index contributed by atoms with van der Waals surface area (Å²) < 4.78 is 13.0. The second-order valence-electron chi connectivity index (χ2n) is 11.7. The molecule has 6 rings (SSSR count). The average molecular weight is 441 g/mol. The number of likely N-dealkylation sites (N-methyl/N-ethyl adjacent to an activating group) is 1. The summed E-state index contributed by atoms with van der Waals surface area (Å²) in [4.78, 5) is 25.6. The van der Waals surface area contributed by atoms with Crippen molar-refractivity contribution in [2.75, 3.05) is 20.1 Å². The molecule has 32 heavy (non-hydrogen) atoms. The zero-order chi connectivity index (χ0) is 22.5. The molecule has 2 saturated carbocycles. The molecule has 3 fully saturated rings. The van der Waals surface area contributed by atoms with E-state index in [2.05, 4.69) is 7.05 Å². The molecule has 2 heterocycles. The molecule has 4 unspecified atom stereocenters. The Morgan fingerprint density at radius 1 is 1.31 bits per heavy atom. The van der Waals surface area contributed by atoms with Gasteiger partial charge in [0.05, 0.1) is 25.6 Å². The summed E-state index contributed by atoms with van der Waals surface area (Å²) in [6, 6.07) is 3.93. The van der Waals surface area contributed by atoms with Crippen molar-refractivity contribution in [1.29, 1.82) is 0 Å².